The summed E-state index contributed by atoms with van der Waals surface area (Å²) >= 11 is 1.50. The number of furan rings is 1. The number of aromatic hydroxyl groups is 1. The molecule has 1 atom stereocenters. The van der Waals surface area contributed by atoms with Gasteiger partial charge in [0.05, 0.1) is 13.3 Å². The number of aromatic nitrogens is 3. The van der Waals surface area contributed by atoms with Crippen molar-refractivity contribution < 1.29 is 19.3 Å². The van der Waals surface area contributed by atoms with Crippen LogP contribution in [0.1, 0.15) is 22.5 Å². The Kier molecular flexibility index (Phi) is 3.59. The zero-order valence-corrected chi connectivity index (χ0v) is 14.1. The molecule has 8 heteroatoms. The van der Waals surface area contributed by atoms with E-state index in [2.05, 4.69) is 17.1 Å². The highest BCUT2D eigenvalue weighted by Crippen LogP contribution is 2.35. The summed E-state index contributed by atoms with van der Waals surface area (Å²) in [6, 6.07) is 3.89. The standard InChI is InChI=1S/C15H19N5O2S/c1-10-16-15-20(17-10)14(21)13(23-15)12(11-4-3-9-22-11)19-7-5-18(2)6-8-19/h3-4,9,12,21H,5-8H2,1-2H3/p+2/t12-/m0/s1. The van der Waals surface area contributed by atoms with Crippen LogP contribution in [-0.2, 0) is 0 Å². The molecule has 3 aromatic heterocycles. The fourth-order valence-corrected chi connectivity index (χ4v) is 4.46. The lowest BCUT2D eigenvalue weighted by molar-refractivity contribution is -1.02. The first-order valence-corrected chi connectivity index (χ1v) is 8.69. The lowest BCUT2D eigenvalue weighted by Crippen LogP contribution is -3.27. The minimum absolute atomic E-state index is 0.00749. The lowest BCUT2D eigenvalue weighted by Gasteiger charge is -2.31. The number of nitrogens with one attached hydrogen (secondary N) is 2. The molecule has 23 heavy (non-hydrogen) atoms. The van der Waals surface area contributed by atoms with Crippen LogP contribution in [0.15, 0.2) is 22.8 Å². The molecule has 3 N–H and O–H groups in total. The average molecular weight is 335 g/mol. The van der Waals surface area contributed by atoms with E-state index in [1.807, 2.05) is 19.1 Å². The Morgan fingerprint density at radius 2 is 2.13 bits per heavy atom. The first-order valence-electron chi connectivity index (χ1n) is 7.88. The summed E-state index contributed by atoms with van der Waals surface area (Å²) in [4.78, 5) is 8.96. The third kappa shape index (κ3) is 2.52. The minimum Gasteiger partial charge on any atom is -0.492 e. The average Bonchev–Trinajstić information content (AvgIpc) is 3.22. The van der Waals surface area contributed by atoms with Crippen LogP contribution in [-0.4, -0.2) is 52.9 Å². The molecule has 7 nitrogen and oxygen atoms in total. The molecular weight excluding hydrogens is 314 g/mol. The number of hydrogen-bond acceptors (Lipinski definition) is 5. The number of piperazine rings is 1. The quantitative estimate of drug-likeness (QED) is 0.568. The number of likely N-dealkylation sites (N-methyl/N-ethyl adjacent to an activating group) is 1. The predicted molar refractivity (Wildman–Crippen MR) is 85.1 cm³/mol. The highest BCUT2D eigenvalue weighted by molar-refractivity contribution is 7.17. The lowest BCUT2D eigenvalue weighted by atomic mass is 10.1. The molecule has 1 saturated heterocycles. The zero-order chi connectivity index (χ0) is 16.0. The Balaban J connectivity index is 1.77. The number of hydrogen-bond donors (Lipinski definition) is 3. The Labute approximate surface area is 137 Å². The van der Waals surface area contributed by atoms with Crippen LogP contribution >= 0.6 is 11.3 Å². The molecule has 0 aliphatic carbocycles. The molecule has 1 fully saturated rings. The Hall–Kier alpha value is -1.90. The molecule has 4 heterocycles. The van der Waals surface area contributed by atoms with Gasteiger partial charge in [-0.15, -0.1) is 5.10 Å². The normalized spacial score (nSPS) is 23.4. The third-order valence-electron chi connectivity index (χ3n) is 4.55. The minimum atomic E-state index is -0.00749. The molecule has 0 bridgehead atoms. The topological polar surface area (TPSA) is 72.4 Å². The van der Waals surface area contributed by atoms with E-state index in [4.69, 9.17) is 4.42 Å². The second-order valence-corrected chi connectivity index (χ2v) is 7.22. The van der Waals surface area contributed by atoms with Crippen molar-refractivity contribution in [1.82, 2.24) is 14.6 Å². The predicted octanol–water partition coefficient (Wildman–Crippen LogP) is -1.10. The second kappa shape index (κ2) is 5.63. The second-order valence-electron chi connectivity index (χ2n) is 6.21. The maximum absolute atomic E-state index is 10.7. The highest BCUT2D eigenvalue weighted by Gasteiger charge is 2.37. The molecule has 0 spiro atoms. The summed E-state index contributed by atoms with van der Waals surface area (Å²) in [5, 5.41) is 14.9. The summed E-state index contributed by atoms with van der Waals surface area (Å²) in [6.45, 7) is 6.16. The van der Waals surface area contributed by atoms with Gasteiger partial charge in [-0.05, 0) is 19.1 Å². The number of thiazole rings is 1. The Morgan fingerprint density at radius 1 is 1.35 bits per heavy atom. The van der Waals surface area contributed by atoms with Crippen molar-refractivity contribution in [3.63, 3.8) is 0 Å². The first kappa shape index (κ1) is 14.7. The summed E-state index contributed by atoms with van der Waals surface area (Å²) in [5.41, 5.74) is 0. The van der Waals surface area contributed by atoms with Crippen LogP contribution in [0.4, 0.5) is 0 Å². The van der Waals surface area contributed by atoms with Crippen LogP contribution in [0.5, 0.6) is 5.88 Å². The monoisotopic (exact) mass is 335 g/mol. The van der Waals surface area contributed by atoms with Crippen molar-refractivity contribution in [3.8, 4) is 5.88 Å². The molecule has 1 aliphatic rings. The van der Waals surface area contributed by atoms with E-state index in [0.29, 0.717) is 5.82 Å². The van der Waals surface area contributed by atoms with Gasteiger partial charge in [0.15, 0.2) is 11.8 Å². The van der Waals surface area contributed by atoms with Crippen molar-refractivity contribution in [2.24, 2.45) is 0 Å². The molecule has 0 amide bonds. The van der Waals surface area contributed by atoms with Gasteiger partial charge in [0.1, 0.15) is 36.9 Å². The Morgan fingerprint density at radius 3 is 2.78 bits per heavy atom. The van der Waals surface area contributed by atoms with Crippen molar-refractivity contribution in [1.29, 1.82) is 0 Å². The number of aryl methyl sites for hydroxylation is 1. The molecule has 1 aliphatic heterocycles. The van der Waals surface area contributed by atoms with Crippen molar-refractivity contribution >= 4 is 16.3 Å². The molecule has 0 unspecified atom stereocenters. The van der Waals surface area contributed by atoms with Gasteiger partial charge < -0.3 is 19.3 Å². The fraction of sp³-hybridized carbons (Fsp3) is 0.467. The number of quaternary nitrogens is 2. The molecule has 0 radical (unpaired) electrons. The van der Waals surface area contributed by atoms with Crippen LogP contribution in [0, 0.1) is 6.92 Å². The van der Waals surface area contributed by atoms with Crippen LogP contribution in [0.3, 0.4) is 0 Å². The van der Waals surface area contributed by atoms with E-state index < -0.39 is 0 Å². The van der Waals surface area contributed by atoms with Gasteiger partial charge in [-0.3, -0.25) is 0 Å². The van der Waals surface area contributed by atoms with Gasteiger partial charge in [-0.2, -0.15) is 4.52 Å². The van der Waals surface area contributed by atoms with Gasteiger partial charge in [-0.25, -0.2) is 4.98 Å². The van der Waals surface area contributed by atoms with Crippen molar-refractivity contribution in [2.75, 3.05) is 33.2 Å². The molecule has 0 aromatic carbocycles. The summed E-state index contributed by atoms with van der Waals surface area (Å²) in [7, 11) is 2.22. The first-order chi connectivity index (χ1) is 11.1. The van der Waals surface area contributed by atoms with Gasteiger partial charge in [-0.1, -0.05) is 11.3 Å². The molecule has 0 saturated carbocycles. The summed E-state index contributed by atoms with van der Waals surface area (Å²) in [6.07, 6.45) is 1.70. The Bertz CT molecular complexity index is 801. The summed E-state index contributed by atoms with van der Waals surface area (Å²) in [5.74, 6) is 1.74. The maximum atomic E-state index is 10.7. The molecule has 4 rings (SSSR count). The zero-order valence-electron chi connectivity index (χ0n) is 13.2. The fourth-order valence-electron chi connectivity index (χ4n) is 3.29. The van der Waals surface area contributed by atoms with Gasteiger partial charge in [0.25, 0.3) is 0 Å². The highest BCUT2D eigenvalue weighted by atomic mass is 32.1. The smallest absolute Gasteiger partial charge is 0.235 e. The van der Waals surface area contributed by atoms with Crippen LogP contribution in [0.25, 0.3) is 4.96 Å². The SMILES string of the molecule is Cc1nc2sc([C@H](c3ccco3)[NH+]3CC[NH+](C)CC3)c(O)n2n1. The maximum Gasteiger partial charge on any atom is 0.235 e. The van der Waals surface area contributed by atoms with Crippen molar-refractivity contribution in [3.05, 3.63) is 34.9 Å². The molecule has 122 valence electrons. The third-order valence-corrected chi connectivity index (χ3v) is 5.63. The number of rotatable bonds is 3. The molecule has 3 aromatic rings. The van der Waals surface area contributed by atoms with Crippen LogP contribution < -0.4 is 9.80 Å². The van der Waals surface area contributed by atoms with Gasteiger partial charge >= 0.3 is 0 Å². The van der Waals surface area contributed by atoms with E-state index in [1.54, 1.807) is 11.2 Å². The summed E-state index contributed by atoms with van der Waals surface area (Å²) < 4.78 is 7.23. The number of nitrogens with zero attached hydrogens (tertiary/aromatic N) is 3. The molecular formula is C15H21N5O2S+2. The van der Waals surface area contributed by atoms with Gasteiger partial charge in [0, 0.05) is 0 Å². The van der Waals surface area contributed by atoms with Crippen LogP contribution in [0.2, 0.25) is 0 Å². The van der Waals surface area contributed by atoms with E-state index >= 15 is 0 Å². The van der Waals surface area contributed by atoms with Crippen molar-refractivity contribution in [2.45, 2.75) is 13.0 Å². The van der Waals surface area contributed by atoms with E-state index in [1.165, 1.54) is 20.8 Å². The van der Waals surface area contributed by atoms with E-state index in [-0.39, 0.29) is 11.9 Å². The van der Waals surface area contributed by atoms with E-state index in [0.717, 1.165) is 41.8 Å². The van der Waals surface area contributed by atoms with E-state index in [9.17, 15) is 5.11 Å². The number of fused-ring (bicyclic) bond motifs is 1. The largest absolute Gasteiger partial charge is 0.492 e. The van der Waals surface area contributed by atoms with Gasteiger partial charge in [0.2, 0.25) is 10.8 Å².